The van der Waals surface area contributed by atoms with E-state index in [9.17, 15) is 13.2 Å². The average molecular weight is 320 g/mol. The topological polar surface area (TPSA) is 109 Å². The highest BCUT2D eigenvalue weighted by atomic mass is 32.2. The molecule has 1 aromatic heterocycles. The number of rotatable bonds is 9. The van der Waals surface area contributed by atoms with E-state index in [2.05, 4.69) is 0 Å². The van der Waals surface area contributed by atoms with Crippen LogP contribution in [0.15, 0.2) is 17.2 Å². The Labute approximate surface area is 123 Å². The van der Waals surface area contributed by atoms with E-state index < -0.39 is 16.0 Å². The van der Waals surface area contributed by atoms with E-state index in [-0.39, 0.29) is 36.9 Å². The monoisotopic (exact) mass is 320 g/mol. The van der Waals surface area contributed by atoms with Crippen molar-refractivity contribution in [3.05, 3.63) is 18.0 Å². The van der Waals surface area contributed by atoms with E-state index in [4.69, 9.17) is 14.9 Å². The number of aromatic nitrogens is 1. The molecule has 0 fully saturated rings. The van der Waals surface area contributed by atoms with Gasteiger partial charge in [0, 0.05) is 32.9 Å². The standard InChI is InChI=1S/C12H20N2O6S/c1-3-13-9-10(8-11(13)12(16)17)21(18,19)14(4-6-15)5-7-20-2/h8-9,15H,3-7H2,1-2H3,(H,16,17). The van der Waals surface area contributed by atoms with Crippen LogP contribution in [-0.4, -0.2) is 66.9 Å². The molecule has 2 N–H and O–H groups in total. The van der Waals surface area contributed by atoms with Gasteiger partial charge in [-0.1, -0.05) is 0 Å². The molecule has 0 amide bonds. The number of carboxylic acid groups (broad SMARTS) is 1. The molecule has 0 atom stereocenters. The molecule has 0 radical (unpaired) electrons. The Hall–Kier alpha value is -1.42. The first-order chi connectivity index (χ1) is 9.88. The summed E-state index contributed by atoms with van der Waals surface area (Å²) in [6.45, 7) is 1.92. The van der Waals surface area contributed by atoms with Crippen LogP contribution in [0.25, 0.3) is 0 Å². The van der Waals surface area contributed by atoms with Crippen LogP contribution in [0.1, 0.15) is 17.4 Å². The number of carbonyl (C=O) groups is 1. The SMILES string of the molecule is CCn1cc(S(=O)(=O)N(CCO)CCOC)cc1C(=O)O. The van der Waals surface area contributed by atoms with Gasteiger partial charge < -0.3 is 19.5 Å². The third-order valence-corrected chi connectivity index (χ3v) is 4.83. The van der Waals surface area contributed by atoms with Crippen molar-refractivity contribution in [1.29, 1.82) is 0 Å². The summed E-state index contributed by atoms with van der Waals surface area (Å²) in [4.78, 5) is 11.0. The minimum absolute atomic E-state index is 0.0780. The largest absolute Gasteiger partial charge is 0.477 e. The zero-order valence-corrected chi connectivity index (χ0v) is 12.8. The molecule has 0 saturated carbocycles. The van der Waals surface area contributed by atoms with E-state index in [1.807, 2.05) is 0 Å². The molecule has 0 aliphatic rings. The molecule has 0 aromatic carbocycles. The number of methoxy groups -OCH3 is 1. The Morgan fingerprint density at radius 3 is 2.52 bits per heavy atom. The number of ether oxygens (including phenoxy) is 1. The second kappa shape index (κ2) is 7.55. The summed E-state index contributed by atoms with van der Waals surface area (Å²) in [7, 11) is -2.43. The highest BCUT2D eigenvalue weighted by Gasteiger charge is 2.27. The highest BCUT2D eigenvalue weighted by Crippen LogP contribution is 2.19. The predicted octanol–water partition coefficient (Wildman–Crippen LogP) is -0.164. The van der Waals surface area contributed by atoms with Crippen molar-refractivity contribution in [3.8, 4) is 0 Å². The molecule has 0 unspecified atom stereocenters. The van der Waals surface area contributed by atoms with E-state index >= 15 is 0 Å². The Balaban J connectivity index is 3.18. The minimum atomic E-state index is -3.87. The lowest BCUT2D eigenvalue weighted by Gasteiger charge is -2.20. The number of nitrogens with zero attached hydrogens (tertiary/aromatic N) is 2. The van der Waals surface area contributed by atoms with Gasteiger partial charge in [0.1, 0.15) is 10.6 Å². The minimum Gasteiger partial charge on any atom is -0.477 e. The fraction of sp³-hybridized carbons (Fsp3) is 0.583. The van der Waals surface area contributed by atoms with E-state index in [0.29, 0.717) is 6.54 Å². The molecule has 1 aromatic rings. The second-order valence-electron chi connectivity index (χ2n) is 4.27. The van der Waals surface area contributed by atoms with Gasteiger partial charge in [-0.15, -0.1) is 0 Å². The van der Waals surface area contributed by atoms with Crippen molar-refractivity contribution in [3.63, 3.8) is 0 Å². The van der Waals surface area contributed by atoms with Gasteiger partial charge in [-0.25, -0.2) is 13.2 Å². The van der Waals surface area contributed by atoms with Gasteiger partial charge >= 0.3 is 5.97 Å². The Morgan fingerprint density at radius 2 is 2.10 bits per heavy atom. The summed E-state index contributed by atoms with van der Waals surface area (Å²) in [5.41, 5.74) is -0.0910. The molecule has 1 rings (SSSR count). The Kier molecular flexibility index (Phi) is 6.34. The first-order valence-corrected chi connectivity index (χ1v) is 7.85. The van der Waals surface area contributed by atoms with Gasteiger partial charge in [-0.2, -0.15) is 4.31 Å². The third-order valence-electron chi connectivity index (χ3n) is 2.96. The summed E-state index contributed by atoms with van der Waals surface area (Å²) in [6, 6.07) is 1.12. The smallest absolute Gasteiger partial charge is 0.352 e. The van der Waals surface area contributed by atoms with E-state index in [1.54, 1.807) is 6.92 Å². The maximum absolute atomic E-state index is 12.5. The van der Waals surface area contributed by atoms with Crippen molar-refractivity contribution < 1.29 is 28.2 Å². The number of hydrogen-bond acceptors (Lipinski definition) is 5. The molecule has 21 heavy (non-hydrogen) atoms. The molecule has 0 saturated heterocycles. The lowest BCUT2D eigenvalue weighted by atomic mass is 10.4. The van der Waals surface area contributed by atoms with Crippen LogP contribution in [0.2, 0.25) is 0 Å². The zero-order chi connectivity index (χ0) is 16.0. The zero-order valence-electron chi connectivity index (χ0n) is 12.0. The van der Waals surface area contributed by atoms with Crippen LogP contribution < -0.4 is 0 Å². The fourth-order valence-corrected chi connectivity index (χ4v) is 3.33. The van der Waals surface area contributed by atoms with Crippen molar-refractivity contribution >= 4 is 16.0 Å². The van der Waals surface area contributed by atoms with E-state index in [0.717, 1.165) is 10.4 Å². The molecular formula is C12H20N2O6S. The molecule has 120 valence electrons. The first-order valence-electron chi connectivity index (χ1n) is 6.41. The number of sulfonamides is 1. The highest BCUT2D eigenvalue weighted by molar-refractivity contribution is 7.89. The quantitative estimate of drug-likeness (QED) is 0.654. The average Bonchev–Trinajstić information content (AvgIpc) is 2.88. The molecule has 8 nitrogen and oxygen atoms in total. The molecule has 9 heteroatoms. The Bertz CT molecular complexity index is 581. The third kappa shape index (κ3) is 4.03. The van der Waals surface area contributed by atoms with Crippen molar-refractivity contribution in [2.75, 3.05) is 33.4 Å². The number of aromatic carboxylic acids is 1. The Morgan fingerprint density at radius 1 is 1.43 bits per heavy atom. The van der Waals surface area contributed by atoms with Gasteiger partial charge in [-0.3, -0.25) is 0 Å². The molecule has 0 spiro atoms. The van der Waals surface area contributed by atoms with Crippen molar-refractivity contribution in [2.45, 2.75) is 18.4 Å². The summed E-state index contributed by atoms with van der Waals surface area (Å²) in [5.74, 6) is -1.19. The van der Waals surface area contributed by atoms with Crippen LogP contribution in [0.5, 0.6) is 0 Å². The van der Waals surface area contributed by atoms with Gasteiger partial charge in [-0.05, 0) is 13.0 Å². The second-order valence-corrected chi connectivity index (χ2v) is 6.21. The predicted molar refractivity (Wildman–Crippen MR) is 74.8 cm³/mol. The molecule has 0 bridgehead atoms. The maximum atomic E-state index is 12.5. The molecule has 1 heterocycles. The normalized spacial score (nSPS) is 12.0. The number of aryl methyl sites for hydroxylation is 1. The maximum Gasteiger partial charge on any atom is 0.352 e. The lowest BCUT2D eigenvalue weighted by molar-refractivity contribution is 0.0685. The van der Waals surface area contributed by atoms with Gasteiger partial charge in [0.05, 0.1) is 13.2 Å². The van der Waals surface area contributed by atoms with Crippen LogP contribution in [-0.2, 0) is 21.3 Å². The van der Waals surface area contributed by atoms with Gasteiger partial charge in [0.25, 0.3) is 0 Å². The van der Waals surface area contributed by atoms with Crippen LogP contribution in [0.4, 0.5) is 0 Å². The summed E-state index contributed by atoms with van der Waals surface area (Å²) in [5, 5.41) is 18.1. The summed E-state index contributed by atoms with van der Waals surface area (Å²) >= 11 is 0. The van der Waals surface area contributed by atoms with Gasteiger partial charge in [0.15, 0.2) is 0 Å². The molecular weight excluding hydrogens is 300 g/mol. The van der Waals surface area contributed by atoms with Crippen LogP contribution in [0.3, 0.4) is 0 Å². The first kappa shape index (κ1) is 17.6. The lowest BCUT2D eigenvalue weighted by Crippen LogP contribution is -2.36. The van der Waals surface area contributed by atoms with Crippen LogP contribution in [0, 0.1) is 0 Å². The summed E-state index contributed by atoms with van der Waals surface area (Å²) < 4.78 is 32.2. The molecule has 0 aliphatic carbocycles. The number of carboxylic acids is 1. The number of hydrogen-bond donors (Lipinski definition) is 2. The molecule has 0 aliphatic heterocycles. The van der Waals surface area contributed by atoms with E-state index in [1.165, 1.54) is 17.9 Å². The van der Waals surface area contributed by atoms with Gasteiger partial charge in [0.2, 0.25) is 10.0 Å². The van der Waals surface area contributed by atoms with Crippen LogP contribution >= 0.6 is 0 Å². The van der Waals surface area contributed by atoms with Crippen molar-refractivity contribution in [2.24, 2.45) is 0 Å². The fourth-order valence-electron chi connectivity index (χ4n) is 1.87. The van der Waals surface area contributed by atoms with Crippen molar-refractivity contribution in [1.82, 2.24) is 8.87 Å². The summed E-state index contributed by atoms with van der Waals surface area (Å²) in [6.07, 6.45) is 1.29. The number of aliphatic hydroxyl groups is 1. The number of aliphatic hydroxyl groups excluding tert-OH is 1.